The third-order valence-corrected chi connectivity index (χ3v) is 4.55. The molecule has 0 spiro atoms. The third-order valence-electron chi connectivity index (χ3n) is 3.42. The number of benzene rings is 2. The van der Waals surface area contributed by atoms with Crippen molar-refractivity contribution < 1.29 is 13.9 Å². The van der Waals surface area contributed by atoms with E-state index < -0.39 is 0 Å². The lowest BCUT2D eigenvalue weighted by Gasteiger charge is -2.15. The first-order valence-electron chi connectivity index (χ1n) is 7.27. The highest BCUT2D eigenvalue weighted by atomic mass is 32.1. The molecule has 0 aliphatic heterocycles. The predicted octanol–water partition coefficient (Wildman–Crippen LogP) is 3.52. The number of hydrogen-bond acceptors (Lipinski definition) is 5. The van der Waals surface area contributed by atoms with Crippen LogP contribution in [0.15, 0.2) is 42.5 Å². The van der Waals surface area contributed by atoms with Crippen LogP contribution in [0, 0.1) is 5.82 Å². The number of carbonyl (C=O) groups is 1. The monoisotopic (exact) mass is 345 g/mol. The molecular weight excluding hydrogens is 329 g/mol. The minimum Gasteiger partial charge on any atom is -0.497 e. The predicted molar refractivity (Wildman–Crippen MR) is 94.5 cm³/mol. The van der Waals surface area contributed by atoms with E-state index in [1.165, 1.54) is 17.4 Å². The summed E-state index contributed by atoms with van der Waals surface area (Å²) in [6, 6.07) is 12.0. The fraction of sp³-hybridized carbons (Fsp3) is 0.176. The molecule has 0 unspecified atom stereocenters. The zero-order chi connectivity index (χ0) is 17.1. The van der Waals surface area contributed by atoms with E-state index in [-0.39, 0.29) is 18.3 Å². The molecule has 2 aromatic carbocycles. The normalized spacial score (nSPS) is 10.6. The van der Waals surface area contributed by atoms with Crippen LogP contribution < -0.4 is 15.0 Å². The summed E-state index contributed by atoms with van der Waals surface area (Å²) in [4.78, 5) is 18.2. The largest absolute Gasteiger partial charge is 0.497 e. The highest BCUT2D eigenvalue weighted by Crippen LogP contribution is 2.29. The summed E-state index contributed by atoms with van der Waals surface area (Å²) in [6.07, 6.45) is 0. The van der Waals surface area contributed by atoms with Gasteiger partial charge in [0.05, 0.1) is 18.4 Å². The average molecular weight is 345 g/mol. The van der Waals surface area contributed by atoms with Crippen LogP contribution in [0.25, 0.3) is 10.2 Å². The van der Waals surface area contributed by atoms with Gasteiger partial charge in [0.25, 0.3) is 0 Å². The van der Waals surface area contributed by atoms with Gasteiger partial charge in [-0.1, -0.05) is 23.5 Å². The number of amides is 1. The summed E-state index contributed by atoms with van der Waals surface area (Å²) in [5.41, 5.74) is 0.987. The smallest absolute Gasteiger partial charge is 0.243 e. The van der Waals surface area contributed by atoms with Crippen LogP contribution in [0.1, 0.15) is 0 Å². The van der Waals surface area contributed by atoms with Crippen molar-refractivity contribution in [2.24, 2.45) is 0 Å². The maximum Gasteiger partial charge on any atom is 0.243 e. The van der Waals surface area contributed by atoms with Gasteiger partial charge >= 0.3 is 0 Å². The molecule has 5 nitrogen and oxygen atoms in total. The Morgan fingerprint density at radius 1 is 1.33 bits per heavy atom. The van der Waals surface area contributed by atoms with Gasteiger partial charge in [-0.3, -0.25) is 4.79 Å². The Kier molecular flexibility index (Phi) is 4.61. The van der Waals surface area contributed by atoms with Gasteiger partial charge < -0.3 is 15.0 Å². The quantitative estimate of drug-likeness (QED) is 0.769. The number of halogens is 1. The van der Waals surface area contributed by atoms with E-state index >= 15 is 0 Å². The first-order chi connectivity index (χ1) is 11.6. The van der Waals surface area contributed by atoms with Gasteiger partial charge in [-0.05, 0) is 24.3 Å². The topological polar surface area (TPSA) is 54.5 Å². The second kappa shape index (κ2) is 6.84. The lowest BCUT2D eigenvalue weighted by molar-refractivity contribution is -0.114. The summed E-state index contributed by atoms with van der Waals surface area (Å²) in [5.74, 6) is 0.123. The van der Waals surface area contributed by atoms with Gasteiger partial charge in [0.1, 0.15) is 17.1 Å². The first kappa shape index (κ1) is 16.2. The minimum atomic E-state index is -0.357. The number of carbonyl (C=O) groups excluding carboxylic acids is 1. The van der Waals surface area contributed by atoms with Crippen molar-refractivity contribution in [3.05, 3.63) is 48.3 Å². The first-order valence-corrected chi connectivity index (χ1v) is 8.08. The Bertz CT molecular complexity index is 881. The number of rotatable bonds is 5. The summed E-state index contributed by atoms with van der Waals surface area (Å²) in [7, 11) is 3.32. The van der Waals surface area contributed by atoms with E-state index in [9.17, 15) is 9.18 Å². The molecule has 0 aliphatic carbocycles. The number of methoxy groups -OCH3 is 1. The number of thiazole rings is 1. The SMILES string of the molecule is COc1cccc(NC(=O)CN(C)c2nc3c(F)cccc3s2)c1. The lowest BCUT2D eigenvalue weighted by atomic mass is 10.3. The number of likely N-dealkylation sites (N-methyl/N-ethyl adjacent to an activating group) is 1. The van der Waals surface area contributed by atoms with E-state index in [4.69, 9.17) is 4.74 Å². The molecule has 0 fully saturated rings. The van der Waals surface area contributed by atoms with Crippen LogP contribution in [0.5, 0.6) is 5.75 Å². The second-order valence-electron chi connectivity index (χ2n) is 5.22. The number of para-hydroxylation sites is 1. The standard InChI is InChI=1S/C17H16FN3O2S/c1-21(17-20-16-13(18)7-4-8-14(16)24-17)10-15(22)19-11-5-3-6-12(9-11)23-2/h3-9H,10H2,1-2H3,(H,19,22). The van der Waals surface area contributed by atoms with Crippen molar-refractivity contribution in [1.29, 1.82) is 0 Å². The summed E-state index contributed by atoms with van der Waals surface area (Å²) in [5, 5.41) is 3.40. The number of fused-ring (bicyclic) bond motifs is 1. The zero-order valence-corrected chi connectivity index (χ0v) is 14.1. The van der Waals surface area contributed by atoms with Crippen LogP contribution in [0.3, 0.4) is 0 Å². The summed E-state index contributed by atoms with van der Waals surface area (Å²) >= 11 is 1.35. The minimum absolute atomic E-state index is 0.110. The number of nitrogens with zero attached hydrogens (tertiary/aromatic N) is 2. The van der Waals surface area contributed by atoms with Crippen molar-refractivity contribution in [2.75, 3.05) is 30.9 Å². The molecule has 0 bridgehead atoms. The Morgan fingerprint density at radius 3 is 2.88 bits per heavy atom. The van der Waals surface area contributed by atoms with E-state index in [0.717, 1.165) is 4.70 Å². The molecule has 0 radical (unpaired) electrons. The molecule has 3 rings (SSSR count). The molecule has 0 saturated heterocycles. The van der Waals surface area contributed by atoms with Gasteiger partial charge in [0.2, 0.25) is 5.91 Å². The number of anilines is 2. The second-order valence-corrected chi connectivity index (χ2v) is 6.23. The third kappa shape index (κ3) is 3.46. The van der Waals surface area contributed by atoms with Gasteiger partial charge in [-0.25, -0.2) is 9.37 Å². The number of nitrogens with one attached hydrogen (secondary N) is 1. The van der Waals surface area contributed by atoms with Gasteiger partial charge in [0.15, 0.2) is 5.13 Å². The van der Waals surface area contributed by atoms with Crippen LogP contribution in [0.2, 0.25) is 0 Å². The summed E-state index contributed by atoms with van der Waals surface area (Å²) in [6.45, 7) is 0.110. The molecule has 3 aromatic rings. The lowest BCUT2D eigenvalue weighted by Crippen LogP contribution is -2.29. The van der Waals surface area contributed by atoms with Gasteiger partial charge in [-0.2, -0.15) is 0 Å². The summed E-state index contributed by atoms with van der Waals surface area (Å²) < 4.78 is 19.6. The molecule has 1 aromatic heterocycles. The van der Waals surface area contributed by atoms with Gasteiger partial charge in [-0.15, -0.1) is 0 Å². The molecule has 0 atom stereocenters. The molecule has 7 heteroatoms. The highest BCUT2D eigenvalue weighted by Gasteiger charge is 2.14. The molecule has 124 valence electrons. The van der Waals surface area contributed by atoms with Crippen molar-refractivity contribution in [1.82, 2.24) is 4.98 Å². The Balaban J connectivity index is 1.69. The maximum absolute atomic E-state index is 13.7. The maximum atomic E-state index is 13.7. The van der Waals surface area contributed by atoms with Crippen molar-refractivity contribution >= 4 is 38.3 Å². The van der Waals surface area contributed by atoms with Crippen LogP contribution in [-0.4, -0.2) is 31.6 Å². The van der Waals surface area contributed by atoms with Crippen LogP contribution in [0.4, 0.5) is 15.2 Å². The molecular formula is C17H16FN3O2S. The van der Waals surface area contributed by atoms with Crippen molar-refractivity contribution in [3.8, 4) is 5.75 Å². The van der Waals surface area contributed by atoms with Crippen molar-refractivity contribution in [2.45, 2.75) is 0 Å². The Morgan fingerprint density at radius 2 is 2.12 bits per heavy atom. The highest BCUT2D eigenvalue weighted by molar-refractivity contribution is 7.22. The fourth-order valence-corrected chi connectivity index (χ4v) is 3.19. The number of ether oxygens (including phenoxy) is 1. The van der Waals surface area contributed by atoms with E-state index in [1.54, 1.807) is 49.4 Å². The zero-order valence-electron chi connectivity index (χ0n) is 13.2. The van der Waals surface area contributed by atoms with E-state index in [1.807, 2.05) is 6.07 Å². The number of hydrogen-bond donors (Lipinski definition) is 1. The molecule has 24 heavy (non-hydrogen) atoms. The molecule has 0 saturated carbocycles. The molecule has 1 heterocycles. The molecule has 0 aliphatic rings. The van der Waals surface area contributed by atoms with Crippen LogP contribution >= 0.6 is 11.3 Å². The fourth-order valence-electron chi connectivity index (χ4n) is 2.25. The Labute approximate surface area is 142 Å². The van der Waals surface area contributed by atoms with E-state index in [0.29, 0.717) is 22.1 Å². The Hall–Kier alpha value is -2.67. The molecule has 1 N–H and O–H groups in total. The number of aromatic nitrogens is 1. The molecule has 1 amide bonds. The van der Waals surface area contributed by atoms with Crippen LogP contribution in [-0.2, 0) is 4.79 Å². The van der Waals surface area contributed by atoms with Crippen molar-refractivity contribution in [3.63, 3.8) is 0 Å². The van der Waals surface area contributed by atoms with Gasteiger partial charge in [0, 0.05) is 18.8 Å². The van der Waals surface area contributed by atoms with E-state index in [2.05, 4.69) is 10.3 Å². The average Bonchev–Trinajstić information content (AvgIpc) is 3.01.